The summed E-state index contributed by atoms with van der Waals surface area (Å²) in [4.78, 5) is 11.7. The summed E-state index contributed by atoms with van der Waals surface area (Å²) in [5.74, 6) is -0.00264. The van der Waals surface area contributed by atoms with Crippen LogP contribution in [-0.2, 0) is 11.2 Å². The van der Waals surface area contributed by atoms with Crippen LogP contribution < -0.4 is 11.1 Å². The largest absolute Gasteiger partial charge is 0.399 e. The third-order valence-corrected chi connectivity index (χ3v) is 3.77. The minimum Gasteiger partial charge on any atom is -0.399 e. The molecule has 19 heavy (non-hydrogen) atoms. The van der Waals surface area contributed by atoms with Gasteiger partial charge >= 0.3 is 0 Å². The molecule has 1 aromatic rings. The lowest BCUT2D eigenvalue weighted by Gasteiger charge is -2.22. The minimum absolute atomic E-state index is 0.00264. The standard InChI is InChI=1S/C15H22N2O2/c16-13-6-3-12(4-7-13)5-8-14(18)17-11-15(19)9-1-2-10-15/h3-4,6-7,19H,1-2,5,8-11,16H2,(H,17,18). The molecule has 0 saturated heterocycles. The number of benzene rings is 1. The molecule has 0 unspecified atom stereocenters. The lowest BCUT2D eigenvalue weighted by atomic mass is 10.0. The van der Waals surface area contributed by atoms with Gasteiger partial charge in [0.25, 0.3) is 0 Å². The summed E-state index contributed by atoms with van der Waals surface area (Å²) < 4.78 is 0. The Bertz CT molecular complexity index is 422. The zero-order chi connectivity index (χ0) is 13.7. The van der Waals surface area contributed by atoms with E-state index in [1.54, 1.807) is 0 Å². The van der Waals surface area contributed by atoms with Gasteiger partial charge in [0, 0.05) is 18.7 Å². The SMILES string of the molecule is Nc1ccc(CCC(=O)NCC2(O)CCCC2)cc1. The first-order chi connectivity index (χ1) is 9.07. The summed E-state index contributed by atoms with van der Waals surface area (Å²) in [6, 6.07) is 7.56. The van der Waals surface area contributed by atoms with Crippen molar-refractivity contribution in [1.82, 2.24) is 5.32 Å². The number of nitrogens with two attached hydrogens (primary N) is 1. The summed E-state index contributed by atoms with van der Waals surface area (Å²) in [5.41, 5.74) is 6.77. The summed E-state index contributed by atoms with van der Waals surface area (Å²) in [6.07, 6.45) is 4.84. The van der Waals surface area contributed by atoms with Crippen molar-refractivity contribution in [2.75, 3.05) is 12.3 Å². The Labute approximate surface area is 114 Å². The Morgan fingerprint density at radius 3 is 2.53 bits per heavy atom. The highest BCUT2D eigenvalue weighted by atomic mass is 16.3. The number of amides is 1. The van der Waals surface area contributed by atoms with Crippen LogP contribution in [0.1, 0.15) is 37.7 Å². The van der Waals surface area contributed by atoms with E-state index in [2.05, 4.69) is 5.32 Å². The highest BCUT2D eigenvalue weighted by Crippen LogP contribution is 2.28. The number of rotatable bonds is 5. The number of carbonyl (C=O) groups is 1. The second-order valence-corrected chi connectivity index (χ2v) is 5.45. The third-order valence-electron chi connectivity index (χ3n) is 3.77. The molecule has 4 heteroatoms. The fraction of sp³-hybridized carbons (Fsp3) is 0.533. The number of aryl methyl sites for hydroxylation is 1. The maximum absolute atomic E-state index is 11.7. The molecular formula is C15H22N2O2. The van der Waals surface area contributed by atoms with E-state index >= 15 is 0 Å². The average Bonchev–Trinajstić information content (AvgIpc) is 2.83. The molecule has 0 atom stereocenters. The van der Waals surface area contributed by atoms with Gasteiger partial charge < -0.3 is 16.2 Å². The molecule has 4 N–H and O–H groups in total. The Hall–Kier alpha value is -1.55. The number of aliphatic hydroxyl groups is 1. The monoisotopic (exact) mass is 262 g/mol. The first-order valence-electron chi connectivity index (χ1n) is 6.91. The van der Waals surface area contributed by atoms with Crippen molar-refractivity contribution in [3.63, 3.8) is 0 Å². The van der Waals surface area contributed by atoms with E-state index in [0.29, 0.717) is 19.4 Å². The van der Waals surface area contributed by atoms with Crippen LogP contribution in [0.4, 0.5) is 5.69 Å². The molecule has 4 nitrogen and oxygen atoms in total. The summed E-state index contributed by atoms with van der Waals surface area (Å²) >= 11 is 0. The fourth-order valence-corrected chi connectivity index (χ4v) is 2.50. The number of nitrogens with one attached hydrogen (secondary N) is 1. The summed E-state index contributed by atoms with van der Waals surface area (Å²) in [5, 5.41) is 13.0. The van der Waals surface area contributed by atoms with Crippen LogP contribution in [0.3, 0.4) is 0 Å². The van der Waals surface area contributed by atoms with E-state index in [4.69, 9.17) is 5.73 Å². The van der Waals surface area contributed by atoms with Crippen molar-refractivity contribution in [3.8, 4) is 0 Å². The van der Waals surface area contributed by atoms with Gasteiger partial charge in [-0.3, -0.25) is 4.79 Å². The molecular weight excluding hydrogens is 240 g/mol. The Morgan fingerprint density at radius 1 is 1.26 bits per heavy atom. The van der Waals surface area contributed by atoms with Gasteiger partial charge in [-0.15, -0.1) is 0 Å². The second-order valence-electron chi connectivity index (χ2n) is 5.45. The smallest absolute Gasteiger partial charge is 0.220 e. The van der Waals surface area contributed by atoms with Gasteiger partial charge in [0.1, 0.15) is 0 Å². The van der Waals surface area contributed by atoms with E-state index < -0.39 is 5.60 Å². The lowest BCUT2D eigenvalue weighted by molar-refractivity contribution is -0.122. The van der Waals surface area contributed by atoms with Crippen LogP contribution in [-0.4, -0.2) is 23.2 Å². The van der Waals surface area contributed by atoms with Gasteiger partial charge in [0.05, 0.1) is 5.60 Å². The quantitative estimate of drug-likeness (QED) is 0.706. The van der Waals surface area contributed by atoms with Crippen LogP contribution in [0.5, 0.6) is 0 Å². The van der Waals surface area contributed by atoms with Crippen LogP contribution in [0, 0.1) is 0 Å². The van der Waals surface area contributed by atoms with E-state index in [-0.39, 0.29) is 5.91 Å². The van der Waals surface area contributed by atoms with Crippen molar-refractivity contribution in [2.45, 2.75) is 44.1 Å². The van der Waals surface area contributed by atoms with E-state index in [0.717, 1.165) is 36.9 Å². The fourth-order valence-electron chi connectivity index (χ4n) is 2.50. The topological polar surface area (TPSA) is 75.4 Å². The number of anilines is 1. The zero-order valence-corrected chi connectivity index (χ0v) is 11.2. The maximum atomic E-state index is 11.7. The molecule has 0 radical (unpaired) electrons. The van der Waals surface area contributed by atoms with Crippen LogP contribution in [0.25, 0.3) is 0 Å². The molecule has 0 aliphatic heterocycles. The zero-order valence-electron chi connectivity index (χ0n) is 11.2. The van der Waals surface area contributed by atoms with Crippen molar-refractivity contribution in [1.29, 1.82) is 0 Å². The Morgan fingerprint density at radius 2 is 1.89 bits per heavy atom. The van der Waals surface area contributed by atoms with Crippen molar-refractivity contribution >= 4 is 11.6 Å². The van der Waals surface area contributed by atoms with Crippen LogP contribution >= 0.6 is 0 Å². The highest BCUT2D eigenvalue weighted by Gasteiger charge is 2.31. The molecule has 0 bridgehead atoms. The second kappa shape index (κ2) is 6.06. The molecule has 1 aliphatic rings. The van der Waals surface area contributed by atoms with Crippen LogP contribution in [0.15, 0.2) is 24.3 Å². The van der Waals surface area contributed by atoms with E-state index in [1.165, 1.54) is 0 Å². The first-order valence-corrected chi connectivity index (χ1v) is 6.91. The highest BCUT2D eigenvalue weighted by molar-refractivity contribution is 5.76. The predicted octanol–water partition coefficient (Wildman–Crippen LogP) is 1.62. The molecule has 2 rings (SSSR count). The first kappa shape index (κ1) is 13.9. The molecule has 0 aromatic heterocycles. The lowest BCUT2D eigenvalue weighted by Crippen LogP contribution is -2.40. The van der Waals surface area contributed by atoms with Gasteiger partial charge in [0.15, 0.2) is 0 Å². The van der Waals surface area contributed by atoms with Crippen molar-refractivity contribution in [3.05, 3.63) is 29.8 Å². The van der Waals surface area contributed by atoms with Crippen molar-refractivity contribution < 1.29 is 9.90 Å². The van der Waals surface area contributed by atoms with Gasteiger partial charge in [-0.1, -0.05) is 25.0 Å². The molecule has 104 valence electrons. The molecule has 1 aliphatic carbocycles. The molecule has 0 spiro atoms. The van der Waals surface area contributed by atoms with E-state index in [9.17, 15) is 9.90 Å². The van der Waals surface area contributed by atoms with Gasteiger partial charge in [-0.2, -0.15) is 0 Å². The van der Waals surface area contributed by atoms with E-state index in [1.807, 2.05) is 24.3 Å². The third kappa shape index (κ3) is 4.24. The van der Waals surface area contributed by atoms with Gasteiger partial charge in [-0.05, 0) is 37.0 Å². The van der Waals surface area contributed by atoms with Gasteiger partial charge in [0.2, 0.25) is 5.91 Å². The summed E-state index contributed by atoms with van der Waals surface area (Å²) in [6.45, 7) is 0.383. The maximum Gasteiger partial charge on any atom is 0.220 e. The molecule has 0 heterocycles. The number of hydrogen-bond acceptors (Lipinski definition) is 3. The van der Waals surface area contributed by atoms with Gasteiger partial charge in [-0.25, -0.2) is 0 Å². The molecule has 1 amide bonds. The summed E-state index contributed by atoms with van der Waals surface area (Å²) in [7, 11) is 0. The average molecular weight is 262 g/mol. The molecule has 1 saturated carbocycles. The normalized spacial score (nSPS) is 17.3. The number of nitrogen functional groups attached to an aromatic ring is 1. The predicted molar refractivity (Wildman–Crippen MR) is 75.6 cm³/mol. The van der Waals surface area contributed by atoms with Crippen molar-refractivity contribution in [2.24, 2.45) is 0 Å². The Balaban J connectivity index is 1.71. The number of hydrogen-bond donors (Lipinski definition) is 3. The number of carbonyl (C=O) groups excluding carboxylic acids is 1. The molecule has 1 fully saturated rings. The Kier molecular flexibility index (Phi) is 4.43. The molecule has 1 aromatic carbocycles. The minimum atomic E-state index is -0.670. The van der Waals surface area contributed by atoms with Crippen LogP contribution in [0.2, 0.25) is 0 Å².